The maximum absolute atomic E-state index is 12.8. The summed E-state index contributed by atoms with van der Waals surface area (Å²) in [7, 11) is 2.17. The zero-order valence-corrected chi connectivity index (χ0v) is 13.2. The number of likely N-dealkylation sites (tertiary alicyclic amines) is 2. The third-order valence-corrected chi connectivity index (χ3v) is 4.85. The van der Waals surface area contributed by atoms with E-state index in [1.165, 1.54) is 6.42 Å². The van der Waals surface area contributed by atoms with E-state index in [1.54, 1.807) is 0 Å². The molecule has 0 N–H and O–H groups in total. The van der Waals surface area contributed by atoms with Crippen LogP contribution in [-0.2, 0) is 0 Å². The van der Waals surface area contributed by atoms with Crippen molar-refractivity contribution in [3.05, 3.63) is 17.5 Å². The van der Waals surface area contributed by atoms with Crippen molar-refractivity contribution >= 4 is 5.91 Å². The van der Waals surface area contributed by atoms with Crippen molar-refractivity contribution < 1.29 is 9.32 Å². The van der Waals surface area contributed by atoms with Crippen LogP contribution in [0.5, 0.6) is 0 Å². The molecular formula is C16H25N3O2. The average molecular weight is 291 g/mol. The molecular weight excluding hydrogens is 266 g/mol. The van der Waals surface area contributed by atoms with Gasteiger partial charge in [0.05, 0.1) is 0 Å². The Morgan fingerprint density at radius 1 is 1.38 bits per heavy atom. The van der Waals surface area contributed by atoms with Crippen LogP contribution in [0.1, 0.15) is 55.3 Å². The molecule has 0 bridgehead atoms. The summed E-state index contributed by atoms with van der Waals surface area (Å²) in [5, 5.41) is 3.99. The molecule has 5 nitrogen and oxygen atoms in total. The summed E-state index contributed by atoms with van der Waals surface area (Å²) >= 11 is 0. The van der Waals surface area contributed by atoms with Crippen LogP contribution in [0.2, 0.25) is 0 Å². The maximum Gasteiger partial charge on any atom is 0.276 e. The van der Waals surface area contributed by atoms with Crippen molar-refractivity contribution in [2.75, 3.05) is 26.7 Å². The minimum atomic E-state index is 0.0462. The van der Waals surface area contributed by atoms with Crippen molar-refractivity contribution in [1.29, 1.82) is 0 Å². The summed E-state index contributed by atoms with van der Waals surface area (Å²) in [5.41, 5.74) is 0.471. The third-order valence-electron chi connectivity index (χ3n) is 4.85. The number of amides is 1. The molecule has 5 heteroatoms. The first-order valence-corrected chi connectivity index (χ1v) is 8.02. The van der Waals surface area contributed by atoms with E-state index >= 15 is 0 Å². The van der Waals surface area contributed by atoms with Gasteiger partial charge in [-0.05, 0) is 38.8 Å². The van der Waals surface area contributed by atoms with Crippen molar-refractivity contribution in [2.24, 2.45) is 5.92 Å². The summed E-state index contributed by atoms with van der Waals surface area (Å²) < 4.78 is 5.29. The van der Waals surface area contributed by atoms with E-state index < -0.39 is 0 Å². The number of hydrogen-bond acceptors (Lipinski definition) is 4. The van der Waals surface area contributed by atoms with Crippen molar-refractivity contribution in [3.8, 4) is 0 Å². The zero-order valence-electron chi connectivity index (χ0n) is 13.2. The molecule has 0 radical (unpaired) electrons. The maximum atomic E-state index is 12.8. The summed E-state index contributed by atoms with van der Waals surface area (Å²) in [5.74, 6) is 1.70. The standard InChI is InChI=1S/C16H25N3O2/c1-11(2)15-9-13(17-21-15)16(20)19-7-4-5-12-10-18(3)8-6-14(12)19/h9,11-12,14H,4-8,10H2,1-3H3. The van der Waals surface area contributed by atoms with Gasteiger partial charge in [-0.2, -0.15) is 0 Å². The fourth-order valence-corrected chi connectivity index (χ4v) is 3.65. The molecule has 1 aromatic heterocycles. The van der Waals surface area contributed by atoms with E-state index in [1.807, 2.05) is 24.8 Å². The Morgan fingerprint density at radius 3 is 2.90 bits per heavy atom. The molecule has 1 amide bonds. The molecule has 3 heterocycles. The molecule has 0 spiro atoms. The molecule has 2 aliphatic rings. The smallest absolute Gasteiger partial charge is 0.276 e. The lowest BCUT2D eigenvalue weighted by molar-refractivity contribution is 0.0246. The second kappa shape index (κ2) is 5.79. The van der Waals surface area contributed by atoms with E-state index in [4.69, 9.17) is 4.52 Å². The Balaban J connectivity index is 1.76. The molecule has 2 atom stereocenters. The monoisotopic (exact) mass is 291 g/mol. The van der Waals surface area contributed by atoms with Crippen LogP contribution < -0.4 is 0 Å². The molecule has 0 aliphatic carbocycles. The summed E-state index contributed by atoms with van der Waals surface area (Å²) in [4.78, 5) is 17.2. The summed E-state index contributed by atoms with van der Waals surface area (Å²) in [6.45, 7) is 7.12. The average Bonchev–Trinajstić information content (AvgIpc) is 2.95. The molecule has 2 unspecified atom stereocenters. The number of aromatic nitrogens is 1. The Morgan fingerprint density at radius 2 is 2.19 bits per heavy atom. The lowest BCUT2D eigenvalue weighted by Crippen LogP contribution is -2.55. The Hall–Kier alpha value is -1.36. The first kappa shape index (κ1) is 14.6. The van der Waals surface area contributed by atoms with Crippen LogP contribution in [0.25, 0.3) is 0 Å². The van der Waals surface area contributed by atoms with Crippen LogP contribution in [0.4, 0.5) is 0 Å². The lowest BCUT2D eigenvalue weighted by atomic mass is 9.84. The van der Waals surface area contributed by atoms with Crippen LogP contribution in [0, 0.1) is 5.92 Å². The second-order valence-corrected chi connectivity index (χ2v) is 6.79. The number of carbonyl (C=O) groups is 1. The van der Waals surface area contributed by atoms with E-state index in [-0.39, 0.29) is 11.8 Å². The number of hydrogen-bond donors (Lipinski definition) is 0. The van der Waals surface area contributed by atoms with Gasteiger partial charge in [0.25, 0.3) is 5.91 Å². The van der Waals surface area contributed by atoms with Gasteiger partial charge in [0.2, 0.25) is 0 Å². The number of piperidine rings is 2. The SMILES string of the molecule is CC(C)c1cc(C(=O)N2CCCC3CN(C)CCC32)no1. The van der Waals surface area contributed by atoms with Gasteiger partial charge in [-0.25, -0.2) is 0 Å². The van der Waals surface area contributed by atoms with Crippen LogP contribution in [0.3, 0.4) is 0 Å². The van der Waals surface area contributed by atoms with Crippen LogP contribution in [0.15, 0.2) is 10.6 Å². The highest BCUT2D eigenvalue weighted by Crippen LogP contribution is 2.31. The molecule has 2 saturated heterocycles. The highest BCUT2D eigenvalue weighted by atomic mass is 16.5. The van der Waals surface area contributed by atoms with Crippen molar-refractivity contribution in [1.82, 2.24) is 15.0 Å². The predicted octanol–water partition coefficient (Wildman–Crippen LogP) is 2.35. The summed E-state index contributed by atoms with van der Waals surface area (Å²) in [6.07, 6.45) is 3.40. The molecule has 3 rings (SSSR count). The molecule has 2 fully saturated rings. The van der Waals surface area contributed by atoms with Crippen molar-refractivity contribution in [2.45, 2.75) is 45.1 Å². The molecule has 21 heavy (non-hydrogen) atoms. The minimum absolute atomic E-state index is 0.0462. The van der Waals surface area contributed by atoms with E-state index in [0.29, 0.717) is 17.7 Å². The number of nitrogens with zero attached hydrogens (tertiary/aromatic N) is 3. The first-order chi connectivity index (χ1) is 10.1. The predicted molar refractivity (Wildman–Crippen MR) is 80.3 cm³/mol. The van der Waals surface area contributed by atoms with Crippen LogP contribution >= 0.6 is 0 Å². The van der Waals surface area contributed by atoms with Gasteiger partial charge in [-0.15, -0.1) is 0 Å². The quantitative estimate of drug-likeness (QED) is 0.839. The summed E-state index contributed by atoms with van der Waals surface area (Å²) in [6, 6.07) is 2.19. The molecule has 1 aromatic rings. The third kappa shape index (κ3) is 2.84. The normalized spacial score (nSPS) is 27.0. The minimum Gasteiger partial charge on any atom is -0.360 e. The number of fused-ring (bicyclic) bond motifs is 1. The molecule has 0 saturated carbocycles. The largest absolute Gasteiger partial charge is 0.360 e. The number of carbonyl (C=O) groups excluding carboxylic acids is 1. The van der Waals surface area contributed by atoms with Gasteiger partial charge in [0.15, 0.2) is 5.69 Å². The lowest BCUT2D eigenvalue weighted by Gasteiger charge is -2.46. The number of rotatable bonds is 2. The Kier molecular flexibility index (Phi) is 4.02. The topological polar surface area (TPSA) is 49.6 Å². The highest BCUT2D eigenvalue weighted by Gasteiger charge is 2.38. The van der Waals surface area contributed by atoms with E-state index in [9.17, 15) is 4.79 Å². The van der Waals surface area contributed by atoms with Gasteiger partial charge in [0, 0.05) is 31.1 Å². The highest BCUT2D eigenvalue weighted by molar-refractivity contribution is 5.92. The molecule has 0 aromatic carbocycles. The molecule has 116 valence electrons. The van der Waals surface area contributed by atoms with Crippen molar-refractivity contribution in [3.63, 3.8) is 0 Å². The molecule has 2 aliphatic heterocycles. The fraction of sp³-hybridized carbons (Fsp3) is 0.750. The second-order valence-electron chi connectivity index (χ2n) is 6.79. The van der Waals surface area contributed by atoms with E-state index in [0.717, 1.165) is 38.2 Å². The van der Waals surface area contributed by atoms with Gasteiger partial charge in [-0.3, -0.25) is 4.79 Å². The Bertz CT molecular complexity index is 511. The van der Waals surface area contributed by atoms with Gasteiger partial charge in [0.1, 0.15) is 5.76 Å². The first-order valence-electron chi connectivity index (χ1n) is 8.02. The van der Waals surface area contributed by atoms with Gasteiger partial charge in [-0.1, -0.05) is 19.0 Å². The Labute approximate surface area is 126 Å². The van der Waals surface area contributed by atoms with Crippen LogP contribution in [-0.4, -0.2) is 53.6 Å². The van der Waals surface area contributed by atoms with E-state index in [2.05, 4.69) is 17.1 Å². The van der Waals surface area contributed by atoms with Gasteiger partial charge < -0.3 is 14.3 Å². The van der Waals surface area contributed by atoms with Gasteiger partial charge >= 0.3 is 0 Å². The zero-order chi connectivity index (χ0) is 15.0. The fourth-order valence-electron chi connectivity index (χ4n) is 3.65.